The SMILES string of the molecule is CCNC(Cc1nnn(C)n1)Cc1c(F)cccc1F. The van der Waals surface area contributed by atoms with E-state index < -0.39 is 11.6 Å². The summed E-state index contributed by atoms with van der Waals surface area (Å²) in [6, 6.07) is 3.75. The van der Waals surface area contributed by atoms with Crippen LogP contribution in [0, 0.1) is 11.6 Å². The number of rotatable bonds is 6. The summed E-state index contributed by atoms with van der Waals surface area (Å²) in [5.41, 5.74) is 0.0855. The molecule has 5 nitrogen and oxygen atoms in total. The van der Waals surface area contributed by atoms with Crippen LogP contribution in [-0.4, -0.2) is 32.8 Å². The second-order valence-corrected chi connectivity index (χ2v) is 4.56. The first-order valence-electron chi connectivity index (χ1n) is 6.49. The largest absolute Gasteiger partial charge is 0.313 e. The monoisotopic (exact) mass is 281 g/mol. The Hall–Kier alpha value is -1.89. The molecule has 0 bridgehead atoms. The average Bonchev–Trinajstić information content (AvgIpc) is 2.80. The molecule has 1 N–H and O–H groups in total. The van der Waals surface area contributed by atoms with Crippen molar-refractivity contribution in [2.24, 2.45) is 7.05 Å². The minimum Gasteiger partial charge on any atom is -0.313 e. The second-order valence-electron chi connectivity index (χ2n) is 4.56. The number of tetrazole rings is 1. The van der Waals surface area contributed by atoms with E-state index in [1.54, 1.807) is 7.05 Å². The van der Waals surface area contributed by atoms with Crippen LogP contribution in [0.3, 0.4) is 0 Å². The first-order chi connectivity index (χ1) is 9.60. The van der Waals surface area contributed by atoms with Gasteiger partial charge in [0.1, 0.15) is 11.6 Å². The van der Waals surface area contributed by atoms with Crippen molar-refractivity contribution in [3.8, 4) is 0 Å². The molecule has 0 radical (unpaired) electrons. The molecular formula is C13H17F2N5. The number of aromatic nitrogens is 4. The Morgan fingerprint density at radius 2 is 1.95 bits per heavy atom. The highest BCUT2D eigenvalue weighted by Crippen LogP contribution is 2.15. The van der Waals surface area contributed by atoms with Gasteiger partial charge in [-0.2, -0.15) is 4.80 Å². The number of nitrogens with zero attached hydrogens (tertiary/aromatic N) is 4. The van der Waals surface area contributed by atoms with Crippen LogP contribution in [0.5, 0.6) is 0 Å². The lowest BCUT2D eigenvalue weighted by molar-refractivity contribution is 0.477. The quantitative estimate of drug-likeness (QED) is 0.866. The molecule has 0 amide bonds. The molecule has 0 saturated carbocycles. The maximum absolute atomic E-state index is 13.7. The third-order valence-corrected chi connectivity index (χ3v) is 2.98. The van der Waals surface area contributed by atoms with E-state index in [9.17, 15) is 8.78 Å². The number of benzene rings is 1. The van der Waals surface area contributed by atoms with Crippen LogP contribution in [0.2, 0.25) is 0 Å². The fraction of sp³-hybridized carbons (Fsp3) is 0.462. The maximum Gasteiger partial charge on any atom is 0.176 e. The van der Waals surface area contributed by atoms with E-state index in [0.29, 0.717) is 18.8 Å². The first-order valence-corrected chi connectivity index (χ1v) is 6.49. The number of hydrogen-bond donors (Lipinski definition) is 1. The molecule has 0 aliphatic carbocycles. The summed E-state index contributed by atoms with van der Waals surface area (Å²) in [4.78, 5) is 1.36. The Kier molecular flexibility index (Phi) is 4.73. The van der Waals surface area contributed by atoms with Crippen molar-refractivity contribution in [2.45, 2.75) is 25.8 Å². The molecule has 0 aliphatic heterocycles. The Morgan fingerprint density at radius 1 is 1.25 bits per heavy atom. The van der Waals surface area contributed by atoms with Crippen LogP contribution in [0.1, 0.15) is 18.3 Å². The van der Waals surface area contributed by atoms with Crippen LogP contribution >= 0.6 is 0 Å². The molecule has 0 aliphatic rings. The van der Waals surface area contributed by atoms with E-state index in [4.69, 9.17) is 0 Å². The average molecular weight is 281 g/mol. The fourth-order valence-corrected chi connectivity index (χ4v) is 2.10. The zero-order valence-electron chi connectivity index (χ0n) is 11.5. The first kappa shape index (κ1) is 14.5. The minimum atomic E-state index is -0.528. The molecule has 1 unspecified atom stereocenters. The number of hydrogen-bond acceptors (Lipinski definition) is 4. The standard InChI is InChI=1S/C13H17F2N5/c1-3-16-9(8-13-17-19-20(2)18-13)7-10-11(14)5-4-6-12(10)15/h4-6,9,16H,3,7-8H2,1-2H3. The normalized spacial score (nSPS) is 12.6. The van der Waals surface area contributed by atoms with Crippen molar-refractivity contribution < 1.29 is 8.78 Å². The van der Waals surface area contributed by atoms with E-state index in [2.05, 4.69) is 20.7 Å². The molecule has 0 spiro atoms. The van der Waals surface area contributed by atoms with Crippen LogP contribution in [-0.2, 0) is 19.9 Å². The molecule has 1 aromatic heterocycles. The molecule has 1 atom stereocenters. The van der Waals surface area contributed by atoms with Crippen molar-refractivity contribution in [2.75, 3.05) is 6.54 Å². The summed E-state index contributed by atoms with van der Waals surface area (Å²) in [6.07, 6.45) is 0.708. The van der Waals surface area contributed by atoms with Gasteiger partial charge in [0.25, 0.3) is 0 Å². The van der Waals surface area contributed by atoms with Gasteiger partial charge in [0.2, 0.25) is 0 Å². The topological polar surface area (TPSA) is 55.6 Å². The summed E-state index contributed by atoms with van der Waals surface area (Å²) in [5, 5.41) is 14.9. The molecule has 108 valence electrons. The lowest BCUT2D eigenvalue weighted by Gasteiger charge is -2.17. The molecule has 20 heavy (non-hydrogen) atoms. The second kappa shape index (κ2) is 6.51. The molecule has 7 heteroatoms. The highest BCUT2D eigenvalue weighted by molar-refractivity contribution is 5.21. The van der Waals surface area contributed by atoms with Gasteiger partial charge in [0, 0.05) is 18.0 Å². The molecule has 0 saturated heterocycles. The highest BCUT2D eigenvalue weighted by Gasteiger charge is 2.17. The van der Waals surface area contributed by atoms with Gasteiger partial charge >= 0.3 is 0 Å². The van der Waals surface area contributed by atoms with Crippen LogP contribution in [0.4, 0.5) is 8.78 Å². The Bertz CT molecular complexity index is 549. The molecule has 1 aromatic carbocycles. The Labute approximate surface area is 116 Å². The van der Waals surface area contributed by atoms with E-state index in [1.165, 1.54) is 23.0 Å². The summed E-state index contributed by atoms with van der Waals surface area (Å²) < 4.78 is 27.4. The molecule has 0 fully saturated rings. The van der Waals surface area contributed by atoms with Gasteiger partial charge < -0.3 is 5.32 Å². The molecular weight excluding hydrogens is 264 g/mol. The fourth-order valence-electron chi connectivity index (χ4n) is 2.10. The van der Waals surface area contributed by atoms with Gasteiger partial charge in [-0.05, 0) is 30.3 Å². The Morgan fingerprint density at radius 3 is 2.50 bits per heavy atom. The van der Waals surface area contributed by atoms with Crippen molar-refractivity contribution in [1.29, 1.82) is 0 Å². The van der Waals surface area contributed by atoms with Gasteiger partial charge in [0.05, 0.1) is 7.05 Å². The summed E-state index contributed by atoms with van der Waals surface area (Å²) in [7, 11) is 1.68. The van der Waals surface area contributed by atoms with Crippen LogP contribution < -0.4 is 5.32 Å². The van der Waals surface area contributed by atoms with Crippen molar-refractivity contribution in [1.82, 2.24) is 25.5 Å². The predicted octanol–water partition coefficient (Wildman–Crippen LogP) is 1.25. The summed E-state index contributed by atoms with van der Waals surface area (Å²) in [6.45, 7) is 2.63. The van der Waals surface area contributed by atoms with Gasteiger partial charge in [-0.15, -0.1) is 10.2 Å². The molecule has 1 heterocycles. The minimum absolute atomic E-state index is 0.0855. The molecule has 2 aromatic rings. The lowest BCUT2D eigenvalue weighted by Crippen LogP contribution is -2.34. The maximum atomic E-state index is 13.7. The smallest absolute Gasteiger partial charge is 0.176 e. The lowest BCUT2D eigenvalue weighted by atomic mass is 10.0. The van der Waals surface area contributed by atoms with Crippen LogP contribution in [0.25, 0.3) is 0 Å². The van der Waals surface area contributed by atoms with Crippen LogP contribution in [0.15, 0.2) is 18.2 Å². The van der Waals surface area contributed by atoms with Gasteiger partial charge in [0.15, 0.2) is 5.82 Å². The number of aryl methyl sites for hydroxylation is 1. The molecule has 2 rings (SSSR count). The van der Waals surface area contributed by atoms with Crippen molar-refractivity contribution >= 4 is 0 Å². The third kappa shape index (κ3) is 3.57. The van der Waals surface area contributed by atoms with Crippen molar-refractivity contribution in [3.63, 3.8) is 0 Å². The van der Waals surface area contributed by atoms with E-state index in [0.717, 1.165) is 0 Å². The van der Waals surface area contributed by atoms with Gasteiger partial charge in [-0.1, -0.05) is 13.0 Å². The predicted molar refractivity (Wildman–Crippen MR) is 70.0 cm³/mol. The number of likely N-dealkylation sites (N-methyl/N-ethyl adjacent to an activating group) is 1. The van der Waals surface area contributed by atoms with E-state index in [1.807, 2.05) is 6.92 Å². The summed E-state index contributed by atoms with van der Waals surface area (Å²) in [5.74, 6) is -0.504. The van der Waals surface area contributed by atoms with E-state index in [-0.39, 0.29) is 18.0 Å². The number of nitrogens with one attached hydrogen (secondary N) is 1. The highest BCUT2D eigenvalue weighted by atomic mass is 19.1. The van der Waals surface area contributed by atoms with Crippen molar-refractivity contribution in [3.05, 3.63) is 41.2 Å². The summed E-state index contributed by atoms with van der Waals surface area (Å²) >= 11 is 0. The Balaban J connectivity index is 2.13. The zero-order chi connectivity index (χ0) is 14.5. The third-order valence-electron chi connectivity index (χ3n) is 2.98. The van der Waals surface area contributed by atoms with E-state index >= 15 is 0 Å². The van der Waals surface area contributed by atoms with Gasteiger partial charge in [-0.25, -0.2) is 8.78 Å². The van der Waals surface area contributed by atoms with Gasteiger partial charge in [-0.3, -0.25) is 0 Å². The number of halogens is 2. The zero-order valence-corrected chi connectivity index (χ0v) is 11.5.